The molecule has 6 heteroatoms. The lowest BCUT2D eigenvalue weighted by molar-refractivity contribution is -0.150. The molecular weight excluding hydrogens is 322 g/mol. The topological polar surface area (TPSA) is 76.1 Å². The summed E-state index contributed by atoms with van der Waals surface area (Å²) >= 11 is 0. The van der Waals surface area contributed by atoms with Gasteiger partial charge in [-0.3, -0.25) is 9.59 Å². The minimum absolute atomic E-state index is 0.00762. The standard InChI is InChI=1S/C19H27NO5/c1-12(10-14-7-8-16(24-3)17(11-14)25-4)18(21)20-9-5-6-15(13(20)2)19(22)23/h7-8,11-13,15H,5-6,9-10H2,1-4H3,(H,22,23)/t12?,13-,15-/m0/s1. The average molecular weight is 349 g/mol. The Morgan fingerprint density at radius 2 is 1.96 bits per heavy atom. The zero-order chi connectivity index (χ0) is 18.6. The van der Waals surface area contributed by atoms with Crippen LogP contribution in [0.4, 0.5) is 0 Å². The summed E-state index contributed by atoms with van der Waals surface area (Å²) < 4.78 is 10.5. The molecule has 1 aliphatic rings. The molecule has 1 saturated heterocycles. The Bertz CT molecular complexity index is 630. The first-order valence-electron chi connectivity index (χ1n) is 8.63. The van der Waals surface area contributed by atoms with Gasteiger partial charge in [-0.05, 0) is 43.9 Å². The van der Waals surface area contributed by atoms with Crippen LogP contribution in [0.2, 0.25) is 0 Å². The highest BCUT2D eigenvalue weighted by molar-refractivity contribution is 5.80. The van der Waals surface area contributed by atoms with Gasteiger partial charge >= 0.3 is 5.97 Å². The summed E-state index contributed by atoms with van der Waals surface area (Å²) in [6, 6.07) is 5.36. The molecule has 2 rings (SSSR count). The Hall–Kier alpha value is -2.24. The van der Waals surface area contributed by atoms with Gasteiger partial charge in [-0.15, -0.1) is 0 Å². The van der Waals surface area contributed by atoms with E-state index >= 15 is 0 Å². The summed E-state index contributed by atoms with van der Waals surface area (Å²) in [6.45, 7) is 4.34. The molecule has 25 heavy (non-hydrogen) atoms. The third-order valence-electron chi connectivity index (χ3n) is 5.00. The van der Waals surface area contributed by atoms with E-state index in [4.69, 9.17) is 9.47 Å². The predicted octanol–water partition coefficient (Wildman–Crippen LogP) is 2.59. The van der Waals surface area contributed by atoms with Crippen molar-refractivity contribution in [1.82, 2.24) is 4.90 Å². The van der Waals surface area contributed by atoms with Gasteiger partial charge in [-0.2, -0.15) is 0 Å². The van der Waals surface area contributed by atoms with Crippen molar-refractivity contribution in [3.05, 3.63) is 23.8 Å². The SMILES string of the molecule is COc1ccc(CC(C)C(=O)N2CCC[C@H](C(=O)O)[C@@H]2C)cc1OC. The number of likely N-dealkylation sites (tertiary alicyclic amines) is 1. The molecule has 1 aliphatic heterocycles. The predicted molar refractivity (Wildman–Crippen MR) is 93.9 cm³/mol. The number of carbonyl (C=O) groups excluding carboxylic acids is 1. The van der Waals surface area contributed by atoms with Gasteiger partial charge in [0, 0.05) is 18.5 Å². The van der Waals surface area contributed by atoms with Crippen molar-refractivity contribution < 1.29 is 24.2 Å². The number of carboxylic acids is 1. The molecule has 138 valence electrons. The minimum atomic E-state index is -0.822. The molecule has 1 aromatic rings. The zero-order valence-corrected chi connectivity index (χ0v) is 15.3. The number of methoxy groups -OCH3 is 2. The maximum atomic E-state index is 12.8. The first-order chi connectivity index (χ1) is 11.9. The lowest BCUT2D eigenvalue weighted by Gasteiger charge is -2.39. The summed E-state index contributed by atoms with van der Waals surface area (Å²) in [5.74, 6) is -0.235. The Morgan fingerprint density at radius 1 is 1.28 bits per heavy atom. The maximum Gasteiger partial charge on any atom is 0.308 e. The van der Waals surface area contributed by atoms with Gasteiger partial charge in [0.2, 0.25) is 5.91 Å². The molecule has 1 unspecified atom stereocenters. The molecule has 1 N–H and O–H groups in total. The van der Waals surface area contributed by atoms with Crippen LogP contribution >= 0.6 is 0 Å². The van der Waals surface area contributed by atoms with E-state index in [0.29, 0.717) is 30.9 Å². The number of nitrogens with zero attached hydrogens (tertiary/aromatic N) is 1. The fourth-order valence-electron chi connectivity index (χ4n) is 3.52. The second-order valence-electron chi connectivity index (χ2n) is 6.65. The summed E-state index contributed by atoms with van der Waals surface area (Å²) in [5.41, 5.74) is 0.984. The van der Waals surface area contributed by atoms with Crippen LogP contribution in [0.3, 0.4) is 0 Å². The minimum Gasteiger partial charge on any atom is -0.493 e. The van der Waals surface area contributed by atoms with E-state index in [1.165, 1.54) is 0 Å². The Kier molecular flexibility index (Phi) is 6.28. The van der Waals surface area contributed by atoms with Crippen LogP contribution in [0.25, 0.3) is 0 Å². The van der Waals surface area contributed by atoms with Crippen molar-refractivity contribution in [3.63, 3.8) is 0 Å². The highest BCUT2D eigenvalue weighted by atomic mass is 16.5. The highest BCUT2D eigenvalue weighted by Crippen LogP contribution is 2.30. The number of piperidine rings is 1. The van der Waals surface area contributed by atoms with Gasteiger partial charge < -0.3 is 19.5 Å². The maximum absolute atomic E-state index is 12.8. The van der Waals surface area contributed by atoms with Gasteiger partial charge in [0.15, 0.2) is 11.5 Å². The van der Waals surface area contributed by atoms with Crippen LogP contribution < -0.4 is 9.47 Å². The van der Waals surface area contributed by atoms with Crippen LogP contribution in [0.1, 0.15) is 32.3 Å². The van der Waals surface area contributed by atoms with Crippen molar-refractivity contribution in [2.75, 3.05) is 20.8 Å². The summed E-state index contributed by atoms with van der Waals surface area (Å²) in [6.07, 6.45) is 1.93. The van der Waals surface area contributed by atoms with Crippen molar-refractivity contribution in [2.24, 2.45) is 11.8 Å². The van der Waals surface area contributed by atoms with Crippen LogP contribution in [-0.4, -0.2) is 48.7 Å². The summed E-state index contributed by atoms with van der Waals surface area (Å²) in [7, 11) is 3.16. The fraction of sp³-hybridized carbons (Fsp3) is 0.579. The molecule has 0 radical (unpaired) electrons. The first-order valence-corrected chi connectivity index (χ1v) is 8.63. The van der Waals surface area contributed by atoms with E-state index in [1.54, 1.807) is 19.1 Å². The van der Waals surface area contributed by atoms with E-state index in [9.17, 15) is 14.7 Å². The number of benzene rings is 1. The smallest absolute Gasteiger partial charge is 0.308 e. The number of hydrogen-bond acceptors (Lipinski definition) is 4. The van der Waals surface area contributed by atoms with Gasteiger partial charge in [-0.25, -0.2) is 0 Å². The molecule has 0 saturated carbocycles. The molecule has 1 amide bonds. The van der Waals surface area contributed by atoms with E-state index < -0.39 is 11.9 Å². The molecule has 0 spiro atoms. The molecule has 0 aliphatic carbocycles. The van der Waals surface area contributed by atoms with Crippen LogP contribution in [-0.2, 0) is 16.0 Å². The number of ether oxygens (including phenoxy) is 2. The molecule has 1 heterocycles. The van der Waals surface area contributed by atoms with Gasteiger partial charge in [0.05, 0.1) is 20.1 Å². The number of aliphatic carboxylic acids is 1. The molecule has 6 nitrogen and oxygen atoms in total. The third-order valence-corrected chi connectivity index (χ3v) is 5.00. The second-order valence-corrected chi connectivity index (χ2v) is 6.65. The third kappa shape index (κ3) is 4.24. The molecule has 1 fully saturated rings. The van der Waals surface area contributed by atoms with Gasteiger partial charge in [-0.1, -0.05) is 13.0 Å². The fourth-order valence-corrected chi connectivity index (χ4v) is 3.52. The van der Waals surface area contributed by atoms with E-state index in [2.05, 4.69) is 0 Å². The summed E-state index contributed by atoms with van der Waals surface area (Å²) in [4.78, 5) is 25.9. The second kappa shape index (κ2) is 8.23. The van der Waals surface area contributed by atoms with Crippen LogP contribution in [0.5, 0.6) is 11.5 Å². The number of amides is 1. The molecule has 0 aromatic heterocycles. The van der Waals surface area contributed by atoms with Crippen LogP contribution in [0, 0.1) is 11.8 Å². The lowest BCUT2D eigenvalue weighted by atomic mass is 9.88. The van der Waals surface area contributed by atoms with Gasteiger partial charge in [0.1, 0.15) is 0 Å². The summed E-state index contributed by atoms with van der Waals surface area (Å²) in [5, 5.41) is 9.33. The largest absolute Gasteiger partial charge is 0.493 e. The van der Waals surface area contributed by atoms with Crippen molar-refractivity contribution in [1.29, 1.82) is 0 Å². The van der Waals surface area contributed by atoms with Crippen molar-refractivity contribution in [2.45, 2.75) is 39.2 Å². The van der Waals surface area contributed by atoms with Crippen molar-refractivity contribution >= 4 is 11.9 Å². The quantitative estimate of drug-likeness (QED) is 0.854. The normalized spacial score (nSPS) is 21.5. The lowest BCUT2D eigenvalue weighted by Crippen LogP contribution is -2.50. The van der Waals surface area contributed by atoms with E-state index in [1.807, 2.05) is 32.0 Å². The Balaban J connectivity index is 2.08. The number of hydrogen-bond donors (Lipinski definition) is 1. The molecule has 1 aromatic carbocycles. The van der Waals surface area contributed by atoms with Crippen LogP contribution in [0.15, 0.2) is 18.2 Å². The average Bonchev–Trinajstić information content (AvgIpc) is 2.60. The highest BCUT2D eigenvalue weighted by Gasteiger charge is 2.36. The zero-order valence-electron chi connectivity index (χ0n) is 15.3. The molecule has 0 bridgehead atoms. The number of carboxylic acid groups (broad SMARTS) is 1. The monoisotopic (exact) mass is 349 g/mol. The molecular formula is C19H27NO5. The first kappa shape index (κ1) is 19.1. The van der Waals surface area contributed by atoms with Crippen molar-refractivity contribution in [3.8, 4) is 11.5 Å². The van der Waals surface area contributed by atoms with E-state index in [0.717, 1.165) is 12.0 Å². The van der Waals surface area contributed by atoms with E-state index in [-0.39, 0.29) is 17.9 Å². The number of carbonyl (C=O) groups is 2. The number of rotatable bonds is 6. The van der Waals surface area contributed by atoms with Gasteiger partial charge in [0.25, 0.3) is 0 Å². The Labute approximate surface area is 148 Å². The Morgan fingerprint density at radius 3 is 2.56 bits per heavy atom. The molecule has 3 atom stereocenters.